The molecule has 20 saturated carbocycles. The molecule has 20 fully saturated rings. The summed E-state index contributed by atoms with van der Waals surface area (Å²) in [6.07, 6.45) is 47.1. The summed E-state index contributed by atoms with van der Waals surface area (Å²) in [6, 6.07) is 0. The molecule has 69 heavy (non-hydrogen) atoms. The molecule has 0 aliphatic heterocycles. The minimum absolute atomic E-state index is 0.679. The Morgan fingerprint density at radius 1 is 0.217 bits per heavy atom. The van der Waals surface area contributed by atoms with Crippen LogP contribution in [0.3, 0.4) is 0 Å². The van der Waals surface area contributed by atoms with Crippen LogP contribution in [0.2, 0.25) is 0 Å². The van der Waals surface area contributed by atoms with E-state index in [1.165, 1.54) is 128 Å². The van der Waals surface area contributed by atoms with Crippen LogP contribution < -0.4 is 0 Å². The van der Waals surface area contributed by atoms with Crippen molar-refractivity contribution in [3.05, 3.63) is 0 Å². The smallest absolute Gasteiger partial charge is 0.0297 e. The van der Waals surface area contributed by atoms with Gasteiger partial charge in [-0.15, -0.1) is 0 Å². The third-order valence-electron chi connectivity index (χ3n) is 26.6. The van der Waals surface area contributed by atoms with Gasteiger partial charge in [0, 0.05) is 0 Å². The van der Waals surface area contributed by atoms with Crippen LogP contribution >= 0.6 is 0 Å². The first-order chi connectivity index (χ1) is 32.0. The Hall–Kier alpha value is 0. The molecular formula is C69H124. The second-order valence-electron chi connectivity index (χ2n) is 34.6. The van der Waals surface area contributed by atoms with Gasteiger partial charge in [-0.2, -0.15) is 0 Å². The number of hydrogen-bond acceptors (Lipinski definition) is 0. The topological polar surface area (TPSA) is 0 Å². The Balaban J connectivity index is 0.000000107. The Kier molecular flexibility index (Phi) is 16.7. The van der Waals surface area contributed by atoms with Crippen LogP contribution in [-0.2, 0) is 0 Å². The van der Waals surface area contributed by atoms with Crippen LogP contribution in [0.5, 0.6) is 0 Å². The highest BCUT2D eigenvalue weighted by atomic mass is 14.6. The largest absolute Gasteiger partial charge is 0.0599 e. The Labute approximate surface area is 434 Å². The van der Waals surface area contributed by atoms with Crippen molar-refractivity contribution < 1.29 is 0 Å². The summed E-state index contributed by atoms with van der Waals surface area (Å²) >= 11 is 0. The van der Waals surface area contributed by atoms with Crippen molar-refractivity contribution in [2.45, 2.75) is 310 Å². The molecule has 0 aromatic heterocycles. The first-order valence-corrected chi connectivity index (χ1v) is 32.0. The molecule has 0 saturated heterocycles. The van der Waals surface area contributed by atoms with E-state index in [0.29, 0.717) is 27.1 Å². The molecule has 20 rings (SSSR count). The van der Waals surface area contributed by atoms with Crippen molar-refractivity contribution in [1.82, 2.24) is 0 Å². The van der Waals surface area contributed by atoms with E-state index in [0.717, 1.165) is 99.1 Å². The highest BCUT2D eigenvalue weighted by molar-refractivity contribution is 5.08. The summed E-state index contributed by atoms with van der Waals surface area (Å²) in [4.78, 5) is 0. The molecule has 0 nitrogen and oxygen atoms in total. The fourth-order valence-corrected chi connectivity index (χ4v) is 20.0. The van der Waals surface area contributed by atoms with E-state index in [-0.39, 0.29) is 0 Å². The summed E-state index contributed by atoms with van der Waals surface area (Å²) in [6.45, 7) is 38.8. The lowest BCUT2D eigenvalue weighted by atomic mass is 9.40. The van der Waals surface area contributed by atoms with E-state index < -0.39 is 0 Å². The van der Waals surface area contributed by atoms with Crippen LogP contribution in [0.1, 0.15) is 310 Å². The van der Waals surface area contributed by atoms with Gasteiger partial charge in [0.2, 0.25) is 0 Å². The average Bonchev–Trinajstić information content (AvgIpc) is 4.10. The molecule has 0 heterocycles. The highest BCUT2D eigenvalue weighted by Gasteiger charge is 2.58. The molecule has 0 spiro atoms. The van der Waals surface area contributed by atoms with Gasteiger partial charge in [-0.05, 0) is 274 Å². The molecule has 0 heteroatoms. The molecule has 20 aliphatic rings. The fourth-order valence-electron chi connectivity index (χ4n) is 20.0. The number of fused-ring (bicyclic) bond motifs is 7. The van der Waals surface area contributed by atoms with Crippen molar-refractivity contribution in [2.24, 2.45) is 126 Å². The maximum atomic E-state index is 2.53. The van der Waals surface area contributed by atoms with Gasteiger partial charge in [0.1, 0.15) is 0 Å². The highest BCUT2D eigenvalue weighted by Crippen LogP contribution is 2.67. The Morgan fingerprint density at radius 3 is 0.710 bits per heavy atom. The second kappa shape index (κ2) is 20.8. The van der Waals surface area contributed by atoms with Gasteiger partial charge in [-0.25, -0.2) is 0 Å². The van der Waals surface area contributed by atoms with Crippen LogP contribution in [-0.4, -0.2) is 0 Å². The zero-order valence-electron chi connectivity index (χ0n) is 50.0. The Bertz CT molecular complexity index is 1530. The molecule has 0 aromatic rings. The predicted molar refractivity (Wildman–Crippen MR) is 302 cm³/mol. The van der Waals surface area contributed by atoms with Gasteiger partial charge in [0.25, 0.3) is 0 Å². The first kappa shape index (κ1) is 55.2. The van der Waals surface area contributed by atoms with Gasteiger partial charge in [0.05, 0.1) is 0 Å². The van der Waals surface area contributed by atoms with Crippen molar-refractivity contribution in [2.75, 3.05) is 0 Å². The molecule has 20 aliphatic carbocycles. The van der Waals surface area contributed by atoms with E-state index in [2.05, 4.69) is 111 Å². The van der Waals surface area contributed by atoms with Gasteiger partial charge in [-0.1, -0.05) is 162 Å². The van der Waals surface area contributed by atoms with E-state index in [4.69, 9.17) is 0 Å². The number of rotatable bonds is 0. The van der Waals surface area contributed by atoms with E-state index in [1.54, 1.807) is 70.6 Å². The van der Waals surface area contributed by atoms with E-state index in [9.17, 15) is 0 Å². The van der Waals surface area contributed by atoms with Crippen LogP contribution in [0.4, 0.5) is 0 Å². The number of hydrogen-bond donors (Lipinski definition) is 0. The predicted octanol–water partition coefficient (Wildman–Crippen LogP) is 22.0. The molecule has 0 aromatic carbocycles. The molecule has 14 bridgehead atoms. The van der Waals surface area contributed by atoms with Crippen LogP contribution in [0.25, 0.3) is 0 Å². The lowest BCUT2D eigenvalue weighted by Gasteiger charge is -2.65. The lowest BCUT2D eigenvalue weighted by Crippen LogP contribution is -2.57. The molecule has 0 N–H and O–H groups in total. The summed E-state index contributed by atoms with van der Waals surface area (Å²) < 4.78 is 0. The summed E-state index contributed by atoms with van der Waals surface area (Å²) in [7, 11) is 0. The molecule has 400 valence electrons. The zero-order valence-corrected chi connectivity index (χ0v) is 50.0. The van der Waals surface area contributed by atoms with Crippen LogP contribution in [0, 0.1) is 126 Å². The van der Waals surface area contributed by atoms with Gasteiger partial charge >= 0.3 is 0 Å². The lowest BCUT2D eigenvalue weighted by molar-refractivity contribution is -0.156. The maximum absolute atomic E-state index is 2.53. The van der Waals surface area contributed by atoms with Gasteiger partial charge < -0.3 is 0 Å². The molecule has 4 atom stereocenters. The van der Waals surface area contributed by atoms with Crippen molar-refractivity contribution in [3.63, 3.8) is 0 Å². The average molecular weight is 954 g/mol. The summed E-state index contributed by atoms with van der Waals surface area (Å²) in [5.41, 5.74) is 5.74. The monoisotopic (exact) mass is 953 g/mol. The quantitative estimate of drug-likeness (QED) is 0.227. The van der Waals surface area contributed by atoms with E-state index >= 15 is 0 Å². The van der Waals surface area contributed by atoms with Crippen molar-refractivity contribution in [3.8, 4) is 0 Å². The van der Waals surface area contributed by atoms with Gasteiger partial charge in [0.15, 0.2) is 0 Å². The minimum Gasteiger partial charge on any atom is -0.0599 e. The third-order valence-corrected chi connectivity index (χ3v) is 26.6. The summed E-state index contributed by atoms with van der Waals surface area (Å²) in [5, 5.41) is 0. The van der Waals surface area contributed by atoms with Gasteiger partial charge in [-0.3, -0.25) is 0 Å². The summed E-state index contributed by atoms with van der Waals surface area (Å²) in [5.74, 6) is 15.5. The minimum atomic E-state index is 0.679. The first-order valence-electron chi connectivity index (χ1n) is 32.0. The third kappa shape index (κ3) is 12.8. The molecule has 4 unspecified atom stereocenters. The normalized spacial score (nSPS) is 44.5. The standard InChI is InChI=1S/C12H20.C10H18.C9H16.2C8H14.C8H16.C7H12.C7H14/c1-12(2)10-4-8-3-9(6-10)7-11(12)5-8;1-10(2)7-8-3-5-9(10)6-4-8;1-9(2)6-7-3-4-8(9)5-7;1-8(2)5-6-3-7(8)4-6;1-8(2)6-3-4-7(8)5-6;1-8(2)6-4-3-5-7-8;1-7(2)5-3-6(7)4-5;1-7(2)5-3-4-6-7/h8-11H,3-7H2,1-2H3;8-9H,3-7H2,1-2H3;7-8H,3-6H2,1-2H3;2*6-7H,3-5H2,1-2H3;3-7H2,1-2H3;5-6H,3-4H2,1-2H3;3-6H2,1-2H3. The maximum Gasteiger partial charge on any atom is -0.0297 e. The van der Waals surface area contributed by atoms with E-state index in [1.807, 2.05) is 0 Å². The van der Waals surface area contributed by atoms with Crippen molar-refractivity contribution in [1.29, 1.82) is 0 Å². The van der Waals surface area contributed by atoms with Crippen molar-refractivity contribution >= 4 is 0 Å². The molecule has 0 amide bonds. The molecule has 0 radical (unpaired) electrons. The fraction of sp³-hybridized carbons (Fsp3) is 1.00. The van der Waals surface area contributed by atoms with Crippen LogP contribution in [0.15, 0.2) is 0 Å². The molecular weight excluding hydrogens is 829 g/mol. The Morgan fingerprint density at radius 2 is 0.522 bits per heavy atom. The zero-order chi connectivity index (χ0) is 50.0. The SMILES string of the molecule is CC1(C)C2CC1C2.CC1(C)C2CC3CC(C2)CC1C3.CC1(C)C2CCC1C2.CC1(C)CC2CC1C2.CC1(C)CC2CCC1C2.CC1(C)CC2CCC1CC2.CC1(C)CCCC1.CC1(C)CCCCC1. The second-order valence-corrected chi connectivity index (χ2v) is 34.6.